The lowest BCUT2D eigenvalue weighted by Gasteiger charge is -2.14. The molecule has 0 aliphatic carbocycles. The monoisotopic (exact) mass is 262 g/mol. The maximum Gasteiger partial charge on any atom is 0.0991 e. The van der Waals surface area contributed by atoms with Gasteiger partial charge in [0.05, 0.1) is 11.6 Å². The first-order chi connectivity index (χ1) is 8.77. The lowest BCUT2D eigenvalue weighted by Crippen LogP contribution is -2.19. The molecule has 3 heteroatoms. The van der Waals surface area contributed by atoms with Crippen LogP contribution in [0.1, 0.15) is 43.4 Å². The summed E-state index contributed by atoms with van der Waals surface area (Å²) in [6.07, 6.45) is 6.01. The fourth-order valence-electron chi connectivity index (χ4n) is 1.83. The van der Waals surface area contributed by atoms with E-state index in [1.54, 1.807) is 0 Å². The van der Waals surface area contributed by atoms with Gasteiger partial charge in [0.1, 0.15) is 0 Å². The largest absolute Gasteiger partial charge is 0.310 e. The number of nitrogens with one attached hydrogen (secondary N) is 1. The molecule has 0 spiro atoms. The molecule has 0 saturated heterocycles. The molecule has 1 atom stereocenters. The average Bonchev–Trinajstić information content (AvgIpc) is 2.42. The Hall–Kier alpha value is -0.980. The number of hydrogen-bond acceptors (Lipinski definition) is 3. The summed E-state index contributed by atoms with van der Waals surface area (Å²) in [5, 5.41) is 12.3. The molecule has 0 aliphatic rings. The Morgan fingerprint density at radius 1 is 1.22 bits per heavy atom. The molecule has 18 heavy (non-hydrogen) atoms. The normalized spacial score (nSPS) is 12.1. The minimum atomic E-state index is 0.360. The van der Waals surface area contributed by atoms with Crippen LogP contribution in [0.2, 0.25) is 0 Å². The average molecular weight is 262 g/mol. The van der Waals surface area contributed by atoms with E-state index in [-0.39, 0.29) is 0 Å². The molecule has 1 aromatic rings. The Kier molecular flexibility index (Phi) is 7.55. The highest BCUT2D eigenvalue weighted by Crippen LogP contribution is 2.13. The highest BCUT2D eigenvalue weighted by Gasteiger charge is 2.03. The molecular weight excluding hydrogens is 240 g/mol. The summed E-state index contributed by atoms with van der Waals surface area (Å²) in [4.78, 5) is 0. The third kappa shape index (κ3) is 5.57. The lowest BCUT2D eigenvalue weighted by molar-refractivity contribution is 0.545. The van der Waals surface area contributed by atoms with Crippen molar-refractivity contribution < 1.29 is 0 Å². The van der Waals surface area contributed by atoms with Gasteiger partial charge in [-0.15, -0.1) is 0 Å². The summed E-state index contributed by atoms with van der Waals surface area (Å²) in [6.45, 7) is 3.23. The third-order valence-corrected chi connectivity index (χ3v) is 3.71. The molecule has 1 unspecified atom stereocenters. The fraction of sp³-hybridized carbons (Fsp3) is 0.533. The van der Waals surface area contributed by atoms with Crippen LogP contribution in [0.4, 0.5) is 0 Å². The van der Waals surface area contributed by atoms with Crippen LogP contribution < -0.4 is 5.32 Å². The van der Waals surface area contributed by atoms with Crippen LogP contribution in [0.15, 0.2) is 24.3 Å². The van der Waals surface area contributed by atoms with Gasteiger partial charge in [-0.2, -0.15) is 17.0 Å². The van der Waals surface area contributed by atoms with Gasteiger partial charge in [-0.25, -0.2) is 0 Å². The Bertz CT molecular complexity index is 367. The first-order valence-corrected chi connectivity index (χ1v) is 7.89. The predicted octanol–water partition coefficient (Wildman–Crippen LogP) is 3.74. The summed E-state index contributed by atoms with van der Waals surface area (Å²) in [5.41, 5.74) is 1.97. The van der Waals surface area contributed by atoms with Crippen LogP contribution in [0.3, 0.4) is 0 Å². The molecule has 0 radical (unpaired) electrons. The summed E-state index contributed by atoms with van der Waals surface area (Å²) in [6, 6.07) is 10.3. The highest BCUT2D eigenvalue weighted by atomic mass is 32.2. The number of nitrogens with zero attached hydrogens (tertiary/aromatic N) is 1. The number of rotatable bonds is 8. The molecule has 1 N–H and O–H groups in total. The van der Waals surface area contributed by atoms with E-state index in [9.17, 15) is 0 Å². The zero-order valence-corrected chi connectivity index (χ0v) is 12.1. The second kappa shape index (κ2) is 9.02. The van der Waals surface area contributed by atoms with Crippen molar-refractivity contribution in [2.24, 2.45) is 0 Å². The number of nitriles is 1. The molecule has 0 amide bonds. The minimum Gasteiger partial charge on any atom is -0.310 e. The standard InChI is InChI=1S/C15H22N2S/c1-13(17-10-4-3-5-11-18-2)15-8-6-14(12-16)7-9-15/h6-9,13,17H,3-5,10-11H2,1-2H3. The van der Waals surface area contributed by atoms with Crippen LogP contribution in [-0.2, 0) is 0 Å². The molecule has 0 heterocycles. The van der Waals surface area contributed by atoms with E-state index in [2.05, 4.69) is 24.6 Å². The van der Waals surface area contributed by atoms with Crippen molar-refractivity contribution in [2.45, 2.75) is 32.2 Å². The molecule has 0 bridgehead atoms. The van der Waals surface area contributed by atoms with Crippen LogP contribution in [0, 0.1) is 11.3 Å². The summed E-state index contributed by atoms with van der Waals surface area (Å²) in [7, 11) is 0. The van der Waals surface area contributed by atoms with E-state index in [1.165, 1.54) is 30.6 Å². The number of benzene rings is 1. The molecule has 98 valence electrons. The first kappa shape index (κ1) is 15.1. The van der Waals surface area contributed by atoms with Gasteiger partial charge in [-0.1, -0.05) is 18.6 Å². The van der Waals surface area contributed by atoms with Gasteiger partial charge in [-0.3, -0.25) is 0 Å². The zero-order chi connectivity index (χ0) is 13.2. The SMILES string of the molecule is CSCCCCCNC(C)c1ccc(C#N)cc1. The molecule has 0 aromatic heterocycles. The van der Waals surface area contributed by atoms with Crippen molar-refractivity contribution in [1.82, 2.24) is 5.32 Å². The highest BCUT2D eigenvalue weighted by molar-refractivity contribution is 7.98. The molecular formula is C15H22N2S. The minimum absolute atomic E-state index is 0.360. The topological polar surface area (TPSA) is 35.8 Å². The fourth-order valence-corrected chi connectivity index (χ4v) is 2.32. The van der Waals surface area contributed by atoms with Gasteiger partial charge >= 0.3 is 0 Å². The van der Waals surface area contributed by atoms with Crippen molar-refractivity contribution in [3.63, 3.8) is 0 Å². The zero-order valence-electron chi connectivity index (χ0n) is 11.3. The Morgan fingerprint density at radius 3 is 2.56 bits per heavy atom. The van der Waals surface area contributed by atoms with Gasteiger partial charge in [-0.05, 0) is 56.0 Å². The lowest BCUT2D eigenvalue weighted by atomic mass is 10.1. The van der Waals surface area contributed by atoms with Crippen molar-refractivity contribution in [2.75, 3.05) is 18.6 Å². The molecule has 1 rings (SSSR count). The van der Waals surface area contributed by atoms with E-state index in [0.29, 0.717) is 6.04 Å². The van der Waals surface area contributed by atoms with Crippen molar-refractivity contribution in [1.29, 1.82) is 5.26 Å². The number of thioether (sulfide) groups is 1. The number of hydrogen-bond donors (Lipinski definition) is 1. The smallest absolute Gasteiger partial charge is 0.0991 e. The second-order valence-corrected chi connectivity index (χ2v) is 5.45. The van der Waals surface area contributed by atoms with E-state index in [1.807, 2.05) is 36.0 Å². The van der Waals surface area contributed by atoms with Crippen LogP contribution in [0.25, 0.3) is 0 Å². The van der Waals surface area contributed by atoms with E-state index >= 15 is 0 Å². The first-order valence-electron chi connectivity index (χ1n) is 6.50. The summed E-state index contributed by atoms with van der Waals surface area (Å²) < 4.78 is 0. The number of unbranched alkanes of at least 4 members (excludes halogenated alkanes) is 2. The van der Waals surface area contributed by atoms with Crippen molar-refractivity contribution in [3.8, 4) is 6.07 Å². The van der Waals surface area contributed by atoms with Crippen LogP contribution in [0.5, 0.6) is 0 Å². The van der Waals surface area contributed by atoms with Crippen molar-refractivity contribution >= 4 is 11.8 Å². The molecule has 1 aromatic carbocycles. The van der Waals surface area contributed by atoms with E-state index in [0.717, 1.165) is 12.1 Å². The third-order valence-electron chi connectivity index (χ3n) is 3.02. The molecule has 0 aliphatic heterocycles. The van der Waals surface area contributed by atoms with Crippen LogP contribution >= 0.6 is 11.8 Å². The van der Waals surface area contributed by atoms with E-state index in [4.69, 9.17) is 5.26 Å². The van der Waals surface area contributed by atoms with Gasteiger partial charge in [0.15, 0.2) is 0 Å². The van der Waals surface area contributed by atoms with Gasteiger partial charge < -0.3 is 5.32 Å². The van der Waals surface area contributed by atoms with Gasteiger partial charge in [0.2, 0.25) is 0 Å². The molecule has 0 saturated carbocycles. The molecule has 2 nitrogen and oxygen atoms in total. The quantitative estimate of drug-likeness (QED) is 0.725. The van der Waals surface area contributed by atoms with Gasteiger partial charge in [0, 0.05) is 6.04 Å². The molecule has 0 fully saturated rings. The van der Waals surface area contributed by atoms with Crippen molar-refractivity contribution in [3.05, 3.63) is 35.4 Å². The maximum absolute atomic E-state index is 8.74. The summed E-state index contributed by atoms with van der Waals surface area (Å²) >= 11 is 1.92. The predicted molar refractivity (Wildman–Crippen MR) is 79.8 cm³/mol. The van der Waals surface area contributed by atoms with Crippen LogP contribution in [-0.4, -0.2) is 18.6 Å². The maximum atomic E-state index is 8.74. The van der Waals surface area contributed by atoms with Gasteiger partial charge in [0.25, 0.3) is 0 Å². The Morgan fingerprint density at radius 2 is 1.94 bits per heavy atom. The Balaban J connectivity index is 2.23. The Labute approximate surface area is 115 Å². The summed E-state index contributed by atoms with van der Waals surface area (Å²) in [5.74, 6) is 1.27. The second-order valence-electron chi connectivity index (χ2n) is 4.46. The van der Waals surface area contributed by atoms with E-state index < -0.39 is 0 Å².